The third-order valence-corrected chi connectivity index (χ3v) is 2.99. The van der Waals surface area contributed by atoms with E-state index >= 15 is 0 Å². The summed E-state index contributed by atoms with van der Waals surface area (Å²) in [4.78, 5) is 13.7. The Labute approximate surface area is 129 Å². The number of para-hydroxylation sites is 2. The normalized spacial score (nSPS) is 16.7. The molecule has 1 aliphatic rings. The van der Waals surface area contributed by atoms with Gasteiger partial charge in [0.05, 0.1) is 7.11 Å². The molecule has 0 bridgehead atoms. The zero-order valence-corrected chi connectivity index (χ0v) is 12.8. The molecule has 22 heavy (non-hydrogen) atoms. The molecule has 0 atom stereocenters. The summed E-state index contributed by atoms with van der Waals surface area (Å²) in [5.74, 6) is 0.215. The van der Waals surface area contributed by atoms with Crippen LogP contribution in [0.5, 0.6) is 5.75 Å². The number of nitrogens with one attached hydrogen (secondary N) is 1. The lowest BCUT2D eigenvalue weighted by Gasteiger charge is -2.28. The van der Waals surface area contributed by atoms with Gasteiger partial charge < -0.3 is 14.7 Å². The number of rotatable bonds is 4. The molecule has 116 valence electrons. The number of ether oxygens (including phenoxy) is 1. The molecule has 2 N–H and O–H groups in total. The molecular weight excluding hydrogens is 282 g/mol. The molecule has 0 amide bonds. The number of hydrazine groups is 1. The molecule has 0 aliphatic carbocycles. The molecule has 0 unspecified atom stereocenters. The second kappa shape index (κ2) is 6.71. The summed E-state index contributed by atoms with van der Waals surface area (Å²) in [6.45, 7) is 0. The average molecular weight is 301 g/mol. The summed E-state index contributed by atoms with van der Waals surface area (Å²) in [5.41, 5.74) is 3.73. The summed E-state index contributed by atoms with van der Waals surface area (Å²) in [7, 11) is 5.23. The molecular formula is C16H19N3O3. The number of methoxy groups -OCH3 is 1. The molecule has 0 saturated heterocycles. The maximum atomic E-state index is 11.9. The van der Waals surface area contributed by atoms with Gasteiger partial charge in [-0.2, -0.15) is 0 Å². The lowest BCUT2D eigenvalue weighted by molar-refractivity contribution is -0.112. The zero-order valence-electron chi connectivity index (χ0n) is 12.8. The number of aliphatic hydroxyl groups excluding tert-OH is 1. The number of allylic oxidation sites excluding steroid dienone is 2. The molecule has 6 heteroatoms. The number of hydrogen-bond donors (Lipinski definition) is 2. The number of nitrogens with zero attached hydrogens (tertiary/aromatic N) is 2. The van der Waals surface area contributed by atoms with Crippen LogP contribution in [0.4, 0.5) is 5.69 Å². The molecule has 0 radical (unpaired) electrons. The number of carbonyl (C=O) groups is 1. The summed E-state index contributed by atoms with van der Waals surface area (Å²) < 4.78 is 5.30. The summed E-state index contributed by atoms with van der Waals surface area (Å²) in [6.07, 6.45) is 6.09. The van der Waals surface area contributed by atoms with Crippen LogP contribution in [-0.4, -0.2) is 37.0 Å². The van der Waals surface area contributed by atoms with Gasteiger partial charge in [0, 0.05) is 32.6 Å². The molecule has 1 aromatic carbocycles. The maximum absolute atomic E-state index is 11.9. The Bertz CT molecular complexity index is 648. The predicted octanol–water partition coefficient (Wildman–Crippen LogP) is 1.95. The number of benzene rings is 1. The van der Waals surface area contributed by atoms with Gasteiger partial charge in [0.25, 0.3) is 0 Å². The second-order valence-corrected chi connectivity index (χ2v) is 4.87. The first-order valence-corrected chi connectivity index (χ1v) is 6.72. The Morgan fingerprint density at radius 2 is 2.09 bits per heavy atom. The van der Waals surface area contributed by atoms with E-state index in [1.54, 1.807) is 29.4 Å². The molecule has 1 heterocycles. The molecule has 1 aliphatic heterocycles. The minimum atomic E-state index is -0.299. The second-order valence-electron chi connectivity index (χ2n) is 4.87. The van der Waals surface area contributed by atoms with Gasteiger partial charge in [0.1, 0.15) is 22.9 Å². The van der Waals surface area contributed by atoms with E-state index < -0.39 is 0 Å². The minimum Gasteiger partial charge on any atom is -0.506 e. The largest absolute Gasteiger partial charge is 0.506 e. The molecule has 1 aromatic rings. The van der Waals surface area contributed by atoms with Gasteiger partial charge in [-0.15, -0.1) is 0 Å². The van der Waals surface area contributed by atoms with E-state index in [9.17, 15) is 9.90 Å². The van der Waals surface area contributed by atoms with Crippen molar-refractivity contribution in [3.8, 4) is 5.75 Å². The first kappa shape index (κ1) is 15.5. The maximum Gasteiger partial charge on any atom is 0.208 e. The summed E-state index contributed by atoms with van der Waals surface area (Å²) in [5, 5.41) is 11.7. The van der Waals surface area contributed by atoms with Crippen molar-refractivity contribution in [3.63, 3.8) is 0 Å². The van der Waals surface area contributed by atoms with Gasteiger partial charge >= 0.3 is 0 Å². The highest BCUT2D eigenvalue weighted by Gasteiger charge is 2.21. The lowest BCUT2D eigenvalue weighted by atomic mass is 10.2. The van der Waals surface area contributed by atoms with E-state index in [0.29, 0.717) is 5.75 Å². The van der Waals surface area contributed by atoms with Crippen molar-refractivity contribution in [1.82, 2.24) is 10.3 Å². The van der Waals surface area contributed by atoms with E-state index in [1.807, 2.05) is 38.4 Å². The fourth-order valence-electron chi connectivity index (χ4n) is 1.89. The smallest absolute Gasteiger partial charge is 0.208 e. The number of aliphatic hydroxyl groups is 1. The van der Waals surface area contributed by atoms with Gasteiger partial charge in [-0.3, -0.25) is 15.2 Å². The number of hydrogen-bond acceptors (Lipinski definition) is 6. The highest BCUT2D eigenvalue weighted by molar-refractivity contribution is 6.05. The Morgan fingerprint density at radius 1 is 1.36 bits per heavy atom. The quantitative estimate of drug-likeness (QED) is 0.654. The lowest BCUT2D eigenvalue weighted by Crippen LogP contribution is -2.39. The van der Waals surface area contributed by atoms with Crippen LogP contribution >= 0.6 is 0 Å². The highest BCUT2D eigenvalue weighted by Crippen LogP contribution is 2.28. The standard InChI is InChI=1S/C16H19N3O3/c1-18(2)10-8-13(20)16-14(21)9-11-19(17-16)12-6-4-5-7-15(12)22-3/h4-11,17,20H,1-3H3. The molecule has 0 fully saturated rings. The number of carbonyl (C=O) groups excluding carboxylic acids is 1. The molecule has 0 saturated carbocycles. The number of anilines is 1. The van der Waals surface area contributed by atoms with Crippen LogP contribution in [0.1, 0.15) is 0 Å². The Hall–Kier alpha value is -2.89. The SMILES string of the molecule is COc1ccccc1N1C=CC(=O)C(=C(O)C=CN(C)C)N1. The fraction of sp³-hybridized carbons (Fsp3) is 0.188. The van der Waals surface area contributed by atoms with Crippen molar-refractivity contribution in [1.29, 1.82) is 0 Å². The van der Waals surface area contributed by atoms with E-state index in [4.69, 9.17) is 4.74 Å². The monoisotopic (exact) mass is 301 g/mol. The number of ketones is 1. The molecule has 0 spiro atoms. The fourth-order valence-corrected chi connectivity index (χ4v) is 1.89. The van der Waals surface area contributed by atoms with Crippen LogP contribution in [-0.2, 0) is 4.79 Å². The average Bonchev–Trinajstić information content (AvgIpc) is 2.53. The van der Waals surface area contributed by atoms with E-state index in [1.165, 1.54) is 12.2 Å². The Kier molecular flexibility index (Phi) is 4.73. The van der Waals surface area contributed by atoms with E-state index in [0.717, 1.165) is 5.69 Å². The van der Waals surface area contributed by atoms with Crippen LogP contribution in [0.2, 0.25) is 0 Å². The molecule has 2 rings (SSSR count). The summed E-state index contributed by atoms with van der Waals surface area (Å²) in [6, 6.07) is 7.38. The van der Waals surface area contributed by atoms with E-state index in [-0.39, 0.29) is 17.2 Å². The van der Waals surface area contributed by atoms with Crippen LogP contribution in [0.3, 0.4) is 0 Å². The van der Waals surface area contributed by atoms with Crippen molar-refractivity contribution in [2.45, 2.75) is 0 Å². The Balaban J connectivity index is 2.33. The predicted molar refractivity (Wildman–Crippen MR) is 85.2 cm³/mol. The Morgan fingerprint density at radius 3 is 2.77 bits per heavy atom. The van der Waals surface area contributed by atoms with Crippen molar-refractivity contribution in [2.75, 3.05) is 26.2 Å². The molecule has 0 aromatic heterocycles. The van der Waals surface area contributed by atoms with Crippen LogP contribution in [0.15, 0.2) is 60.3 Å². The van der Waals surface area contributed by atoms with Gasteiger partial charge in [-0.25, -0.2) is 0 Å². The molecule has 6 nitrogen and oxygen atoms in total. The highest BCUT2D eigenvalue weighted by atomic mass is 16.5. The van der Waals surface area contributed by atoms with Gasteiger partial charge in [-0.05, 0) is 18.2 Å². The van der Waals surface area contributed by atoms with Crippen LogP contribution in [0, 0.1) is 0 Å². The first-order chi connectivity index (χ1) is 10.5. The van der Waals surface area contributed by atoms with Gasteiger partial charge in [0.15, 0.2) is 0 Å². The van der Waals surface area contributed by atoms with Crippen molar-refractivity contribution in [2.24, 2.45) is 0 Å². The zero-order chi connectivity index (χ0) is 16.1. The summed E-state index contributed by atoms with van der Waals surface area (Å²) >= 11 is 0. The van der Waals surface area contributed by atoms with Gasteiger partial charge in [-0.1, -0.05) is 12.1 Å². The van der Waals surface area contributed by atoms with Gasteiger partial charge in [0.2, 0.25) is 5.78 Å². The minimum absolute atomic E-state index is 0.103. The first-order valence-electron chi connectivity index (χ1n) is 6.72. The topological polar surface area (TPSA) is 65.0 Å². The third-order valence-electron chi connectivity index (χ3n) is 2.99. The van der Waals surface area contributed by atoms with E-state index in [2.05, 4.69) is 5.43 Å². The third kappa shape index (κ3) is 3.41. The van der Waals surface area contributed by atoms with Crippen LogP contribution in [0.25, 0.3) is 0 Å². The van der Waals surface area contributed by atoms with Crippen molar-refractivity contribution in [3.05, 3.63) is 60.3 Å². The van der Waals surface area contributed by atoms with Crippen molar-refractivity contribution >= 4 is 11.5 Å². The van der Waals surface area contributed by atoms with Crippen LogP contribution < -0.4 is 15.2 Å². The van der Waals surface area contributed by atoms with Crippen molar-refractivity contribution < 1.29 is 14.6 Å².